The summed E-state index contributed by atoms with van der Waals surface area (Å²) in [7, 11) is 2.15. The molecule has 0 saturated carbocycles. The summed E-state index contributed by atoms with van der Waals surface area (Å²) in [4.78, 5) is 2.32. The molecule has 1 N–H and O–H groups in total. The zero-order valence-corrected chi connectivity index (χ0v) is 7.44. The Balaban J connectivity index is 2.16. The third-order valence-corrected chi connectivity index (χ3v) is 1.70. The van der Waals surface area contributed by atoms with Crippen molar-refractivity contribution in [2.75, 3.05) is 20.1 Å². The predicted molar refractivity (Wildman–Crippen MR) is 44.2 cm³/mol. The van der Waals surface area contributed by atoms with Crippen LogP contribution in [0.25, 0.3) is 0 Å². The molecule has 0 spiro atoms. The van der Waals surface area contributed by atoms with E-state index in [2.05, 4.69) is 38.0 Å². The summed E-state index contributed by atoms with van der Waals surface area (Å²) in [5, 5.41) is 3.54. The Morgan fingerprint density at radius 3 is 2.10 bits per heavy atom. The lowest BCUT2D eigenvalue weighted by Gasteiger charge is -2.40. The Labute approximate surface area is 63.6 Å². The molecule has 1 aliphatic rings. The van der Waals surface area contributed by atoms with Crippen LogP contribution in [-0.2, 0) is 0 Å². The number of hydrogen-bond donors (Lipinski definition) is 1. The number of likely N-dealkylation sites (N-methyl/N-ethyl adjacent to an activating group) is 1. The van der Waals surface area contributed by atoms with Crippen molar-refractivity contribution < 1.29 is 0 Å². The van der Waals surface area contributed by atoms with Crippen LogP contribution in [0.1, 0.15) is 20.8 Å². The molecule has 0 atom stereocenters. The molecule has 0 amide bonds. The fourth-order valence-electron chi connectivity index (χ4n) is 1.40. The molecule has 0 radical (unpaired) electrons. The van der Waals surface area contributed by atoms with Gasteiger partial charge in [-0.15, -0.1) is 0 Å². The zero-order valence-electron chi connectivity index (χ0n) is 7.44. The first-order valence-electron chi connectivity index (χ1n) is 3.93. The fourth-order valence-corrected chi connectivity index (χ4v) is 1.40. The summed E-state index contributed by atoms with van der Waals surface area (Å²) in [5.74, 6) is 0. The summed E-state index contributed by atoms with van der Waals surface area (Å²) < 4.78 is 0. The molecule has 1 heterocycles. The summed E-state index contributed by atoms with van der Waals surface area (Å²) in [6, 6.07) is 0.727. The lowest BCUT2D eigenvalue weighted by molar-refractivity contribution is 0.138. The van der Waals surface area contributed by atoms with Crippen molar-refractivity contribution in [2.45, 2.75) is 32.4 Å². The zero-order chi connectivity index (χ0) is 7.78. The topological polar surface area (TPSA) is 15.3 Å². The van der Waals surface area contributed by atoms with E-state index in [1.165, 1.54) is 13.1 Å². The third kappa shape index (κ3) is 2.27. The molecule has 1 rings (SSSR count). The van der Waals surface area contributed by atoms with E-state index in [-0.39, 0.29) is 5.54 Å². The lowest BCUT2D eigenvalue weighted by atomic mass is 10.0. The number of nitrogens with one attached hydrogen (secondary N) is 1. The van der Waals surface area contributed by atoms with Gasteiger partial charge in [0.1, 0.15) is 0 Å². The van der Waals surface area contributed by atoms with Gasteiger partial charge in [0, 0.05) is 24.7 Å². The summed E-state index contributed by atoms with van der Waals surface area (Å²) >= 11 is 0. The van der Waals surface area contributed by atoms with E-state index in [9.17, 15) is 0 Å². The molecular formula is C8H18N2. The van der Waals surface area contributed by atoms with Gasteiger partial charge in [0.05, 0.1) is 0 Å². The highest BCUT2D eigenvalue weighted by atomic mass is 15.2. The van der Waals surface area contributed by atoms with Crippen molar-refractivity contribution in [1.29, 1.82) is 0 Å². The van der Waals surface area contributed by atoms with Crippen LogP contribution in [0.2, 0.25) is 0 Å². The molecule has 0 unspecified atom stereocenters. The van der Waals surface area contributed by atoms with Crippen LogP contribution < -0.4 is 5.32 Å². The summed E-state index contributed by atoms with van der Waals surface area (Å²) in [6.07, 6.45) is 0. The van der Waals surface area contributed by atoms with Crippen LogP contribution in [0.4, 0.5) is 0 Å². The van der Waals surface area contributed by atoms with Crippen LogP contribution in [0.15, 0.2) is 0 Å². The van der Waals surface area contributed by atoms with Crippen molar-refractivity contribution in [3.05, 3.63) is 0 Å². The van der Waals surface area contributed by atoms with E-state index in [1.54, 1.807) is 0 Å². The Morgan fingerprint density at radius 2 is 1.80 bits per heavy atom. The monoisotopic (exact) mass is 142 g/mol. The van der Waals surface area contributed by atoms with Crippen LogP contribution >= 0.6 is 0 Å². The molecule has 2 nitrogen and oxygen atoms in total. The average Bonchev–Trinajstić information content (AvgIpc) is 1.57. The van der Waals surface area contributed by atoms with Gasteiger partial charge < -0.3 is 10.2 Å². The Morgan fingerprint density at radius 1 is 1.30 bits per heavy atom. The van der Waals surface area contributed by atoms with E-state index in [0.717, 1.165) is 6.04 Å². The molecule has 0 aromatic rings. The van der Waals surface area contributed by atoms with Gasteiger partial charge in [-0.3, -0.25) is 0 Å². The van der Waals surface area contributed by atoms with Crippen LogP contribution in [0.3, 0.4) is 0 Å². The minimum atomic E-state index is 0.284. The van der Waals surface area contributed by atoms with Crippen molar-refractivity contribution in [1.82, 2.24) is 10.2 Å². The van der Waals surface area contributed by atoms with Crippen molar-refractivity contribution in [3.63, 3.8) is 0 Å². The van der Waals surface area contributed by atoms with E-state index >= 15 is 0 Å². The van der Waals surface area contributed by atoms with Gasteiger partial charge in [-0.05, 0) is 27.8 Å². The maximum Gasteiger partial charge on any atom is 0.0326 e. The molecule has 0 aromatic heterocycles. The van der Waals surface area contributed by atoms with Crippen molar-refractivity contribution >= 4 is 0 Å². The van der Waals surface area contributed by atoms with E-state index in [4.69, 9.17) is 0 Å². The molecule has 0 bridgehead atoms. The first-order valence-corrected chi connectivity index (χ1v) is 3.93. The first-order chi connectivity index (χ1) is 4.47. The van der Waals surface area contributed by atoms with Crippen molar-refractivity contribution in [3.8, 4) is 0 Å². The molecule has 60 valence electrons. The SMILES string of the molecule is CN1CC(NC(C)(C)C)C1. The van der Waals surface area contributed by atoms with Gasteiger partial charge in [0.2, 0.25) is 0 Å². The normalized spacial score (nSPS) is 22.8. The van der Waals surface area contributed by atoms with Gasteiger partial charge in [0.25, 0.3) is 0 Å². The van der Waals surface area contributed by atoms with Gasteiger partial charge >= 0.3 is 0 Å². The maximum absolute atomic E-state index is 3.54. The summed E-state index contributed by atoms with van der Waals surface area (Å²) in [6.45, 7) is 9.05. The van der Waals surface area contributed by atoms with Crippen LogP contribution in [0.5, 0.6) is 0 Å². The second kappa shape index (κ2) is 2.51. The van der Waals surface area contributed by atoms with Crippen LogP contribution in [0, 0.1) is 0 Å². The standard InChI is InChI=1S/C8H18N2/c1-8(2,3)9-7-5-10(4)6-7/h7,9H,5-6H2,1-4H3. The second-order valence-electron chi connectivity index (χ2n) is 4.31. The number of rotatable bonds is 1. The minimum absolute atomic E-state index is 0.284. The molecule has 1 fully saturated rings. The Hall–Kier alpha value is -0.0800. The Kier molecular flexibility index (Phi) is 2.02. The highest BCUT2D eigenvalue weighted by Gasteiger charge is 2.26. The number of nitrogens with zero attached hydrogens (tertiary/aromatic N) is 1. The predicted octanol–water partition coefficient (Wildman–Crippen LogP) is 0.688. The lowest BCUT2D eigenvalue weighted by Crippen LogP contribution is -2.60. The molecular weight excluding hydrogens is 124 g/mol. The smallest absolute Gasteiger partial charge is 0.0326 e. The minimum Gasteiger partial charge on any atom is -0.307 e. The van der Waals surface area contributed by atoms with Gasteiger partial charge in [-0.2, -0.15) is 0 Å². The molecule has 0 aliphatic carbocycles. The van der Waals surface area contributed by atoms with Gasteiger partial charge in [0.15, 0.2) is 0 Å². The Bertz CT molecular complexity index is 109. The van der Waals surface area contributed by atoms with Gasteiger partial charge in [-0.1, -0.05) is 0 Å². The molecule has 0 aromatic carbocycles. The van der Waals surface area contributed by atoms with E-state index in [1.807, 2.05) is 0 Å². The second-order valence-corrected chi connectivity index (χ2v) is 4.31. The van der Waals surface area contributed by atoms with Crippen molar-refractivity contribution in [2.24, 2.45) is 0 Å². The number of likely N-dealkylation sites (tertiary alicyclic amines) is 1. The quantitative estimate of drug-likeness (QED) is 0.579. The largest absolute Gasteiger partial charge is 0.307 e. The fraction of sp³-hybridized carbons (Fsp3) is 1.00. The maximum atomic E-state index is 3.54. The molecule has 10 heavy (non-hydrogen) atoms. The molecule has 1 aliphatic heterocycles. The van der Waals surface area contributed by atoms with E-state index < -0.39 is 0 Å². The van der Waals surface area contributed by atoms with Crippen LogP contribution in [-0.4, -0.2) is 36.6 Å². The highest BCUT2D eigenvalue weighted by molar-refractivity contribution is 4.88. The number of hydrogen-bond acceptors (Lipinski definition) is 2. The van der Waals surface area contributed by atoms with E-state index in [0.29, 0.717) is 0 Å². The first kappa shape index (κ1) is 8.02. The average molecular weight is 142 g/mol. The highest BCUT2D eigenvalue weighted by Crippen LogP contribution is 2.09. The summed E-state index contributed by atoms with van der Waals surface area (Å²) in [5.41, 5.74) is 0.284. The molecule has 1 saturated heterocycles. The molecule has 2 heteroatoms. The third-order valence-electron chi connectivity index (χ3n) is 1.70. The van der Waals surface area contributed by atoms with Gasteiger partial charge in [-0.25, -0.2) is 0 Å².